The minimum Gasteiger partial charge on any atom is -0.486 e. The highest BCUT2D eigenvalue weighted by atomic mass is 16.6. The largest absolute Gasteiger partial charge is 0.486 e. The first kappa shape index (κ1) is 16.9. The van der Waals surface area contributed by atoms with Gasteiger partial charge in [0, 0.05) is 30.5 Å². The summed E-state index contributed by atoms with van der Waals surface area (Å²) in [5.41, 5.74) is 1.72. The van der Waals surface area contributed by atoms with Crippen LogP contribution >= 0.6 is 0 Å². The van der Waals surface area contributed by atoms with Crippen molar-refractivity contribution in [1.29, 1.82) is 0 Å². The van der Waals surface area contributed by atoms with E-state index in [-0.39, 0.29) is 11.9 Å². The number of carbonyl (C=O) groups excluding carboxylic acids is 1. The third-order valence-electron chi connectivity index (χ3n) is 5.14. The first-order valence-corrected chi connectivity index (χ1v) is 9.41. The van der Waals surface area contributed by atoms with Crippen molar-refractivity contribution in [1.82, 2.24) is 9.88 Å². The van der Waals surface area contributed by atoms with Crippen LogP contribution in [0.2, 0.25) is 0 Å². The van der Waals surface area contributed by atoms with Gasteiger partial charge in [0.1, 0.15) is 13.2 Å². The smallest absolute Gasteiger partial charge is 0.254 e. The number of nitrogens with zero attached hydrogens (tertiary/aromatic N) is 2. The minimum absolute atomic E-state index is 0.0535. The molecule has 0 unspecified atom stereocenters. The zero-order valence-electron chi connectivity index (χ0n) is 14.9. The fraction of sp³-hybridized carbons (Fsp3) is 0.429. The number of ether oxygens (including phenoxy) is 2. The van der Waals surface area contributed by atoms with Crippen LogP contribution in [-0.2, 0) is 6.54 Å². The minimum atomic E-state index is 0.0535. The van der Waals surface area contributed by atoms with Crippen LogP contribution in [-0.4, -0.2) is 35.0 Å². The molecule has 4 rings (SSSR count). The average Bonchev–Trinajstić information content (AvgIpc) is 2.72. The summed E-state index contributed by atoms with van der Waals surface area (Å²) in [5.74, 6) is 1.43. The molecule has 1 saturated carbocycles. The third-order valence-corrected chi connectivity index (χ3v) is 5.14. The number of pyridine rings is 1. The van der Waals surface area contributed by atoms with Crippen LogP contribution in [0.4, 0.5) is 0 Å². The molecule has 2 heterocycles. The Labute approximate surface area is 153 Å². The Morgan fingerprint density at radius 3 is 2.65 bits per heavy atom. The van der Waals surface area contributed by atoms with Crippen LogP contribution in [0, 0.1) is 0 Å². The van der Waals surface area contributed by atoms with Crippen molar-refractivity contribution < 1.29 is 14.3 Å². The van der Waals surface area contributed by atoms with E-state index in [1.165, 1.54) is 19.3 Å². The van der Waals surface area contributed by atoms with Crippen molar-refractivity contribution in [3.05, 3.63) is 53.9 Å². The molecule has 0 atom stereocenters. The number of amides is 1. The molecule has 1 fully saturated rings. The maximum absolute atomic E-state index is 13.3. The lowest BCUT2D eigenvalue weighted by atomic mass is 9.93. The Balaban J connectivity index is 1.60. The van der Waals surface area contributed by atoms with Gasteiger partial charge in [-0.2, -0.15) is 0 Å². The highest BCUT2D eigenvalue weighted by Gasteiger charge is 2.27. The van der Waals surface area contributed by atoms with Gasteiger partial charge in [-0.3, -0.25) is 9.78 Å². The summed E-state index contributed by atoms with van der Waals surface area (Å²) in [6.07, 6.45) is 9.36. The zero-order chi connectivity index (χ0) is 17.8. The molecule has 1 aromatic heterocycles. The molecule has 1 aliphatic heterocycles. The number of carbonyl (C=O) groups is 1. The standard InChI is InChI=1S/C21H24N2O3/c24-21(17-8-9-19-20(13-17)26-12-11-25-19)23(18-6-2-1-3-7-18)15-16-5-4-10-22-14-16/h4-5,8-10,13-14,18H,1-3,6-7,11-12,15H2. The fourth-order valence-corrected chi connectivity index (χ4v) is 3.79. The number of hydrogen-bond donors (Lipinski definition) is 0. The molecule has 0 radical (unpaired) electrons. The predicted molar refractivity (Wildman–Crippen MR) is 98.4 cm³/mol. The maximum Gasteiger partial charge on any atom is 0.254 e. The molecule has 1 aromatic carbocycles. The average molecular weight is 352 g/mol. The van der Waals surface area contributed by atoms with Gasteiger partial charge in [-0.05, 0) is 42.7 Å². The number of aromatic nitrogens is 1. The summed E-state index contributed by atoms with van der Waals surface area (Å²) in [6, 6.07) is 9.73. The van der Waals surface area contributed by atoms with Crippen molar-refractivity contribution in [3.8, 4) is 11.5 Å². The second kappa shape index (κ2) is 7.77. The van der Waals surface area contributed by atoms with Gasteiger partial charge in [0.25, 0.3) is 5.91 Å². The van der Waals surface area contributed by atoms with Crippen LogP contribution in [0.25, 0.3) is 0 Å². The Hall–Kier alpha value is -2.56. The molecule has 5 nitrogen and oxygen atoms in total. The van der Waals surface area contributed by atoms with Gasteiger partial charge < -0.3 is 14.4 Å². The topological polar surface area (TPSA) is 51.7 Å². The van der Waals surface area contributed by atoms with Gasteiger partial charge in [-0.15, -0.1) is 0 Å². The molecule has 136 valence electrons. The van der Waals surface area contributed by atoms with Gasteiger partial charge in [0.15, 0.2) is 11.5 Å². The normalized spacial score (nSPS) is 16.9. The van der Waals surface area contributed by atoms with E-state index in [4.69, 9.17) is 9.47 Å². The molecule has 1 amide bonds. The van der Waals surface area contributed by atoms with Crippen molar-refractivity contribution in [2.24, 2.45) is 0 Å². The first-order chi connectivity index (χ1) is 12.8. The SMILES string of the molecule is O=C(c1ccc2c(c1)OCCO2)N(Cc1cccnc1)C1CCCCC1. The highest BCUT2D eigenvalue weighted by Crippen LogP contribution is 2.32. The van der Waals surface area contributed by atoms with E-state index in [1.807, 2.05) is 41.4 Å². The number of hydrogen-bond acceptors (Lipinski definition) is 4. The van der Waals surface area contributed by atoms with E-state index < -0.39 is 0 Å². The summed E-state index contributed by atoms with van der Waals surface area (Å²) in [4.78, 5) is 19.6. The molecule has 0 saturated heterocycles. The first-order valence-electron chi connectivity index (χ1n) is 9.41. The summed E-state index contributed by atoms with van der Waals surface area (Å²) >= 11 is 0. The van der Waals surface area contributed by atoms with E-state index in [0.717, 1.165) is 18.4 Å². The third kappa shape index (κ3) is 3.66. The number of rotatable bonds is 4. The molecule has 5 heteroatoms. The molecule has 0 N–H and O–H groups in total. The summed E-state index contributed by atoms with van der Waals surface area (Å²) in [7, 11) is 0. The molecule has 0 bridgehead atoms. The summed E-state index contributed by atoms with van der Waals surface area (Å²) in [5, 5.41) is 0. The Kier molecular flexibility index (Phi) is 5.04. The van der Waals surface area contributed by atoms with E-state index in [9.17, 15) is 4.79 Å². The molecule has 0 spiro atoms. The Bertz CT molecular complexity index is 757. The second-order valence-corrected chi connectivity index (χ2v) is 6.94. The monoisotopic (exact) mass is 352 g/mol. The van der Waals surface area contributed by atoms with Crippen LogP contribution in [0.1, 0.15) is 48.0 Å². The molecule has 2 aliphatic rings. The van der Waals surface area contributed by atoms with Gasteiger partial charge in [-0.25, -0.2) is 0 Å². The van der Waals surface area contributed by atoms with Crippen LogP contribution in [0.3, 0.4) is 0 Å². The van der Waals surface area contributed by atoms with E-state index in [2.05, 4.69) is 4.98 Å². The second-order valence-electron chi connectivity index (χ2n) is 6.94. The van der Waals surface area contributed by atoms with E-state index in [0.29, 0.717) is 36.8 Å². The fourth-order valence-electron chi connectivity index (χ4n) is 3.79. The highest BCUT2D eigenvalue weighted by molar-refractivity contribution is 5.95. The molecule has 26 heavy (non-hydrogen) atoms. The van der Waals surface area contributed by atoms with Gasteiger partial charge in [0.2, 0.25) is 0 Å². The quantitative estimate of drug-likeness (QED) is 0.839. The van der Waals surface area contributed by atoms with Crippen molar-refractivity contribution in [2.75, 3.05) is 13.2 Å². The number of benzene rings is 1. The number of fused-ring (bicyclic) bond motifs is 1. The lowest BCUT2D eigenvalue weighted by molar-refractivity contribution is 0.0613. The van der Waals surface area contributed by atoms with Crippen LogP contribution in [0.5, 0.6) is 11.5 Å². The van der Waals surface area contributed by atoms with Crippen LogP contribution in [0.15, 0.2) is 42.7 Å². The van der Waals surface area contributed by atoms with Gasteiger partial charge in [-0.1, -0.05) is 25.3 Å². The molecular weight excluding hydrogens is 328 g/mol. The van der Waals surface area contributed by atoms with Crippen molar-refractivity contribution in [3.63, 3.8) is 0 Å². The molecule has 2 aromatic rings. The van der Waals surface area contributed by atoms with Crippen molar-refractivity contribution in [2.45, 2.75) is 44.7 Å². The Morgan fingerprint density at radius 2 is 1.88 bits per heavy atom. The predicted octanol–water partition coefficient (Wildman–Crippen LogP) is 3.83. The molecular formula is C21H24N2O3. The van der Waals surface area contributed by atoms with Gasteiger partial charge >= 0.3 is 0 Å². The van der Waals surface area contributed by atoms with E-state index >= 15 is 0 Å². The lowest BCUT2D eigenvalue weighted by Gasteiger charge is -2.34. The maximum atomic E-state index is 13.3. The van der Waals surface area contributed by atoms with E-state index in [1.54, 1.807) is 6.20 Å². The summed E-state index contributed by atoms with van der Waals surface area (Å²) < 4.78 is 11.2. The van der Waals surface area contributed by atoms with Crippen LogP contribution < -0.4 is 9.47 Å². The summed E-state index contributed by atoms with van der Waals surface area (Å²) in [6.45, 7) is 1.66. The lowest BCUT2D eigenvalue weighted by Crippen LogP contribution is -2.41. The Morgan fingerprint density at radius 1 is 1.08 bits per heavy atom. The van der Waals surface area contributed by atoms with Crippen molar-refractivity contribution >= 4 is 5.91 Å². The zero-order valence-corrected chi connectivity index (χ0v) is 14.9. The van der Waals surface area contributed by atoms with Gasteiger partial charge in [0.05, 0.1) is 0 Å². The molecule has 1 aliphatic carbocycles.